The molecular weight excluding hydrogens is 136 g/mol. The first-order chi connectivity index (χ1) is 5.30. The molecule has 0 atom stereocenters. The SMILES string of the molecule is CC.CC(=O)c1ccccc1.[HH]. The van der Waals surface area contributed by atoms with E-state index in [-0.39, 0.29) is 7.21 Å². The molecule has 62 valence electrons. The van der Waals surface area contributed by atoms with Crippen molar-refractivity contribution in [3.8, 4) is 0 Å². The standard InChI is InChI=1S/C8H8O.C2H6.H2/c1-7(9)8-5-3-2-4-6-8;1-2;/h2-6H,1H3;1-2H3;1H. The number of ketones is 1. The Labute approximate surface area is 69.5 Å². The third-order valence-corrected chi connectivity index (χ3v) is 1.18. The van der Waals surface area contributed by atoms with E-state index < -0.39 is 0 Å². The molecule has 0 saturated carbocycles. The van der Waals surface area contributed by atoms with Gasteiger partial charge in [-0.3, -0.25) is 4.79 Å². The van der Waals surface area contributed by atoms with Crippen LogP contribution in [0.15, 0.2) is 30.3 Å². The molecule has 0 unspecified atom stereocenters. The van der Waals surface area contributed by atoms with E-state index in [4.69, 9.17) is 0 Å². The van der Waals surface area contributed by atoms with E-state index in [0.717, 1.165) is 5.56 Å². The molecule has 0 aromatic heterocycles. The Morgan fingerprint density at radius 3 is 1.91 bits per heavy atom. The lowest BCUT2D eigenvalue weighted by Gasteiger charge is -1.89. The van der Waals surface area contributed by atoms with Gasteiger partial charge in [0.2, 0.25) is 0 Å². The summed E-state index contributed by atoms with van der Waals surface area (Å²) in [5.41, 5.74) is 0.775. The summed E-state index contributed by atoms with van der Waals surface area (Å²) >= 11 is 0. The Kier molecular flexibility index (Phi) is 5.09. The van der Waals surface area contributed by atoms with Crippen LogP contribution < -0.4 is 0 Å². The molecule has 0 heterocycles. The molecule has 1 nitrogen and oxygen atoms in total. The minimum atomic E-state index is 0. The molecule has 11 heavy (non-hydrogen) atoms. The van der Waals surface area contributed by atoms with Crippen LogP contribution in [0.25, 0.3) is 0 Å². The molecule has 0 spiro atoms. The second-order valence-corrected chi connectivity index (χ2v) is 1.92. The smallest absolute Gasteiger partial charge is 0.159 e. The molecule has 1 aromatic carbocycles. The van der Waals surface area contributed by atoms with Gasteiger partial charge in [0, 0.05) is 6.99 Å². The highest BCUT2D eigenvalue weighted by Crippen LogP contribution is 1.97. The van der Waals surface area contributed by atoms with Crippen LogP contribution in [0.4, 0.5) is 0 Å². The first-order valence-corrected chi connectivity index (χ1v) is 3.86. The van der Waals surface area contributed by atoms with Crippen molar-refractivity contribution >= 4 is 5.78 Å². The van der Waals surface area contributed by atoms with Gasteiger partial charge in [0.25, 0.3) is 0 Å². The van der Waals surface area contributed by atoms with E-state index >= 15 is 0 Å². The summed E-state index contributed by atoms with van der Waals surface area (Å²) in [5.74, 6) is 0.121. The maximum atomic E-state index is 10.6. The minimum absolute atomic E-state index is 0. The van der Waals surface area contributed by atoms with Crippen molar-refractivity contribution in [3.05, 3.63) is 35.9 Å². The van der Waals surface area contributed by atoms with Gasteiger partial charge < -0.3 is 0 Å². The number of hydrogen-bond donors (Lipinski definition) is 0. The number of benzene rings is 1. The predicted molar refractivity (Wildman–Crippen MR) is 49.9 cm³/mol. The molecule has 0 saturated heterocycles. The van der Waals surface area contributed by atoms with Crippen molar-refractivity contribution in [3.63, 3.8) is 0 Å². The van der Waals surface area contributed by atoms with Gasteiger partial charge in [0.05, 0.1) is 0 Å². The zero-order valence-electron chi connectivity index (χ0n) is 7.29. The van der Waals surface area contributed by atoms with Gasteiger partial charge in [-0.1, -0.05) is 44.2 Å². The Hall–Kier alpha value is -1.11. The first-order valence-electron chi connectivity index (χ1n) is 3.86. The maximum absolute atomic E-state index is 10.6. The Balaban J connectivity index is 0. The summed E-state index contributed by atoms with van der Waals surface area (Å²) in [7, 11) is 0. The zero-order chi connectivity index (χ0) is 8.69. The monoisotopic (exact) mass is 152 g/mol. The molecule has 0 N–H and O–H groups in total. The van der Waals surface area contributed by atoms with Crippen molar-refractivity contribution in [1.29, 1.82) is 0 Å². The topological polar surface area (TPSA) is 17.1 Å². The molecule has 0 amide bonds. The summed E-state index contributed by atoms with van der Waals surface area (Å²) in [5, 5.41) is 0. The Bertz CT molecular complexity index is 206. The number of carbonyl (C=O) groups excluding carboxylic acids is 1. The third kappa shape index (κ3) is 3.56. The van der Waals surface area contributed by atoms with Gasteiger partial charge in [0.15, 0.2) is 5.78 Å². The zero-order valence-corrected chi connectivity index (χ0v) is 7.29. The molecule has 0 fully saturated rings. The fourth-order valence-electron chi connectivity index (χ4n) is 0.673. The summed E-state index contributed by atoms with van der Waals surface area (Å²) in [4.78, 5) is 10.6. The molecular formula is C10H16O. The van der Waals surface area contributed by atoms with Crippen LogP contribution in [0.2, 0.25) is 0 Å². The molecule has 0 radical (unpaired) electrons. The van der Waals surface area contributed by atoms with E-state index in [0.29, 0.717) is 0 Å². The molecule has 1 rings (SSSR count). The third-order valence-electron chi connectivity index (χ3n) is 1.18. The van der Waals surface area contributed by atoms with Gasteiger partial charge in [0.1, 0.15) is 0 Å². The lowest BCUT2D eigenvalue weighted by atomic mass is 10.2. The normalized spacial score (nSPS) is 7.91. The highest BCUT2D eigenvalue weighted by Gasteiger charge is 1.92. The van der Waals surface area contributed by atoms with Crippen LogP contribution in [0.1, 0.15) is 32.6 Å². The average Bonchev–Trinajstić information content (AvgIpc) is 2.10. The van der Waals surface area contributed by atoms with Crippen LogP contribution in [-0.4, -0.2) is 5.78 Å². The minimum Gasteiger partial charge on any atom is -0.295 e. The molecule has 0 aliphatic rings. The van der Waals surface area contributed by atoms with Crippen LogP contribution in [0.5, 0.6) is 0 Å². The van der Waals surface area contributed by atoms with E-state index in [2.05, 4.69) is 0 Å². The van der Waals surface area contributed by atoms with Crippen LogP contribution >= 0.6 is 0 Å². The largest absolute Gasteiger partial charge is 0.295 e. The number of Topliss-reactive ketones (excluding diaryl/α,β-unsaturated/α-hetero) is 1. The fourth-order valence-corrected chi connectivity index (χ4v) is 0.673. The number of hydrogen-bond acceptors (Lipinski definition) is 1. The van der Waals surface area contributed by atoms with Gasteiger partial charge in [-0.25, -0.2) is 0 Å². The molecule has 1 aromatic rings. The van der Waals surface area contributed by atoms with E-state index in [1.165, 1.54) is 0 Å². The van der Waals surface area contributed by atoms with Crippen molar-refractivity contribution < 1.29 is 6.22 Å². The van der Waals surface area contributed by atoms with E-state index in [1.54, 1.807) is 6.92 Å². The quantitative estimate of drug-likeness (QED) is 0.565. The fraction of sp³-hybridized carbons (Fsp3) is 0.300. The number of rotatable bonds is 1. The van der Waals surface area contributed by atoms with Crippen molar-refractivity contribution in [1.82, 2.24) is 0 Å². The van der Waals surface area contributed by atoms with E-state index in [1.807, 2.05) is 44.2 Å². The lowest BCUT2D eigenvalue weighted by molar-refractivity contribution is 0.101. The summed E-state index contributed by atoms with van der Waals surface area (Å²) in [6, 6.07) is 9.23. The summed E-state index contributed by atoms with van der Waals surface area (Å²) in [6.45, 7) is 5.56. The molecule has 0 aliphatic heterocycles. The van der Waals surface area contributed by atoms with Crippen molar-refractivity contribution in [2.24, 2.45) is 0 Å². The molecule has 0 bridgehead atoms. The van der Waals surface area contributed by atoms with Gasteiger partial charge in [-0.05, 0) is 6.92 Å². The highest BCUT2D eigenvalue weighted by molar-refractivity contribution is 5.93. The van der Waals surface area contributed by atoms with Gasteiger partial charge in [-0.15, -0.1) is 0 Å². The van der Waals surface area contributed by atoms with Gasteiger partial charge in [-0.2, -0.15) is 0 Å². The van der Waals surface area contributed by atoms with Crippen LogP contribution in [0, 0.1) is 0 Å². The predicted octanol–water partition coefficient (Wildman–Crippen LogP) is 3.16. The van der Waals surface area contributed by atoms with Gasteiger partial charge >= 0.3 is 0 Å². The van der Waals surface area contributed by atoms with Crippen LogP contribution in [0.3, 0.4) is 0 Å². The lowest BCUT2D eigenvalue weighted by Crippen LogP contribution is -1.88. The van der Waals surface area contributed by atoms with Crippen LogP contribution in [-0.2, 0) is 0 Å². The van der Waals surface area contributed by atoms with Crippen molar-refractivity contribution in [2.45, 2.75) is 20.8 Å². The van der Waals surface area contributed by atoms with E-state index in [9.17, 15) is 4.79 Å². The molecule has 0 aliphatic carbocycles. The second-order valence-electron chi connectivity index (χ2n) is 1.92. The first kappa shape index (κ1) is 9.89. The molecule has 1 heteroatoms. The summed E-state index contributed by atoms with van der Waals surface area (Å²) in [6.07, 6.45) is 0. The summed E-state index contributed by atoms with van der Waals surface area (Å²) < 4.78 is 0. The Morgan fingerprint density at radius 1 is 1.18 bits per heavy atom. The average molecular weight is 152 g/mol. The Morgan fingerprint density at radius 2 is 1.64 bits per heavy atom. The highest BCUT2D eigenvalue weighted by atomic mass is 16.1. The second kappa shape index (κ2) is 5.66. The van der Waals surface area contributed by atoms with Crippen molar-refractivity contribution in [2.75, 3.05) is 0 Å². The maximum Gasteiger partial charge on any atom is 0.159 e. The number of carbonyl (C=O) groups is 1.